The Morgan fingerprint density at radius 1 is 0.963 bits per heavy atom. The third kappa shape index (κ3) is 8.19. The van der Waals surface area contributed by atoms with E-state index in [9.17, 15) is 24.3 Å². The second kappa shape index (κ2) is 11.7. The number of hydrogen-bond donors (Lipinski definition) is 0. The minimum Gasteiger partial charge on any atom is -0.546 e. The fraction of sp³-hybridized carbons (Fsp3) is 0.778. The van der Waals surface area contributed by atoms with Gasteiger partial charge in [0.05, 0.1) is 5.97 Å². The molecule has 0 spiro atoms. The van der Waals surface area contributed by atoms with E-state index in [4.69, 9.17) is 9.47 Å². The molecule has 3 unspecified atom stereocenters. The topological polar surface area (TPSA) is 119 Å². The normalized spacial score (nSPS) is 24.1. The number of hydrogen-bond acceptors (Lipinski definition) is 8. The van der Waals surface area contributed by atoms with Crippen molar-refractivity contribution in [2.75, 3.05) is 0 Å². The number of carbonyl (C=O) groups excluding carboxylic acids is 4. The Balaban J connectivity index is 0.00000676. The maximum atomic E-state index is 12.6. The first-order chi connectivity index (χ1) is 12.0. The van der Waals surface area contributed by atoms with Crippen molar-refractivity contribution in [3.63, 3.8) is 0 Å². The summed E-state index contributed by atoms with van der Waals surface area (Å²) in [6.07, 6.45) is -1.88. The fourth-order valence-corrected chi connectivity index (χ4v) is 3.29. The average molecular weight is 394 g/mol. The van der Waals surface area contributed by atoms with Crippen LogP contribution in [-0.4, -0.2) is 42.2 Å². The third-order valence-corrected chi connectivity index (χ3v) is 4.55. The van der Waals surface area contributed by atoms with Crippen LogP contribution in [0.2, 0.25) is 0 Å². The van der Waals surface area contributed by atoms with Gasteiger partial charge in [0, 0.05) is 13.8 Å². The predicted octanol–water partition coefficient (Wildman–Crippen LogP) is -2.39. The maximum absolute atomic E-state index is 12.6. The zero-order chi connectivity index (χ0) is 20.0. The molecule has 8 nitrogen and oxygen atoms in total. The SMILES string of the molecule is CC(=O)O[C@@H](C(=O)[O-])[C@@H](OC(C)=O)C(=O)OC1CC(C)CCC1C(C)C.[Na+]. The van der Waals surface area contributed by atoms with Gasteiger partial charge < -0.3 is 24.1 Å². The van der Waals surface area contributed by atoms with Crippen LogP contribution in [0, 0.1) is 17.8 Å². The monoisotopic (exact) mass is 394 g/mol. The van der Waals surface area contributed by atoms with Gasteiger partial charge in [-0.2, -0.15) is 0 Å². The second-order valence-electron chi connectivity index (χ2n) is 7.18. The number of ether oxygens (including phenoxy) is 3. The molecule has 1 aliphatic carbocycles. The number of aliphatic carboxylic acids is 1. The second-order valence-corrected chi connectivity index (χ2v) is 7.18. The third-order valence-electron chi connectivity index (χ3n) is 4.55. The molecule has 1 rings (SSSR count). The molecule has 0 radical (unpaired) electrons. The fourth-order valence-electron chi connectivity index (χ4n) is 3.29. The minimum absolute atomic E-state index is 0. The van der Waals surface area contributed by atoms with Crippen LogP contribution in [0.1, 0.15) is 53.9 Å². The first-order valence-electron chi connectivity index (χ1n) is 8.78. The van der Waals surface area contributed by atoms with E-state index < -0.39 is 42.2 Å². The van der Waals surface area contributed by atoms with Crippen molar-refractivity contribution < 1.29 is 68.1 Å². The minimum atomic E-state index is -2.07. The molecule has 0 saturated heterocycles. The van der Waals surface area contributed by atoms with Crippen LogP contribution in [0.15, 0.2) is 0 Å². The summed E-state index contributed by atoms with van der Waals surface area (Å²) in [7, 11) is 0. The summed E-state index contributed by atoms with van der Waals surface area (Å²) in [5.41, 5.74) is 0. The van der Waals surface area contributed by atoms with Gasteiger partial charge in [0.2, 0.25) is 6.10 Å². The van der Waals surface area contributed by atoms with Crippen LogP contribution >= 0.6 is 0 Å². The molecule has 0 aliphatic heterocycles. The summed E-state index contributed by atoms with van der Waals surface area (Å²) in [5, 5.41) is 11.3. The molecule has 1 aliphatic rings. The summed E-state index contributed by atoms with van der Waals surface area (Å²) in [6.45, 7) is 8.08. The van der Waals surface area contributed by atoms with E-state index in [0.29, 0.717) is 12.3 Å². The van der Waals surface area contributed by atoms with Crippen LogP contribution in [0.3, 0.4) is 0 Å². The van der Waals surface area contributed by atoms with Crippen molar-refractivity contribution in [2.45, 2.75) is 72.2 Å². The van der Waals surface area contributed by atoms with E-state index in [-0.39, 0.29) is 41.4 Å². The molecule has 0 amide bonds. The van der Waals surface area contributed by atoms with Crippen LogP contribution < -0.4 is 34.7 Å². The molecule has 1 fully saturated rings. The van der Waals surface area contributed by atoms with E-state index in [2.05, 4.69) is 4.74 Å². The van der Waals surface area contributed by atoms with E-state index in [1.807, 2.05) is 20.8 Å². The molecular formula is C18H27NaO8. The Kier molecular flexibility index (Phi) is 11.2. The smallest absolute Gasteiger partial charge is 0.546 e. The molecule has 5 atom stereocenters. The molecule has 27 heavy (non-hydrogen) atoms. The van der Waals surface area contributed by atoms with Crippen molar-refractivity contribution in [2.24, 2.45) is 17.8 Å². The maximum Gasteiger partial charge on any atom is 1.00 e. The Labute approximate surface area is 181 Å². The van der Waals surface area contributed by atoms with Gasteiger partial charge in [0.15, 0.2) is 6.10 Å². The van der Waals surface area contributed by atoms with E-state index in [1.165, 1.54) is 0 Å². The number of esters is 3. The van der Waals surface area contributed by atoms with Gasteiger partial charge in [-0.15, -0.1) is 0 Å². The quantitative estimate of drug-likeness (QED) is 0.267. The van der Waals surface area contributed by atoms with Crippen molar-refractivity contribution >= 4 is 23.9 Å². The first-order valence-corrected chi connectivity index (χ1v) is 8.78. The number of carboxylic acid groups (broad SMARTS) is 1. The van der Waals surface area contributed by atoms with Crippen LogP contribution in [0.4, 0.5) is 0 Å². The summed E-state index contributed by atoms with van der Waals surface area (Å²) >= 11 is 0. The Morgan fingerprint density at radius 3 is 1.93 bits per heavy atom. The molecule has 1 saturated carbocycles. The van der Waals surface area contributed by atoms with Crippen LogP contribution in [-0.2, 0) is 33.4 Å². The number of rotatable bonds is 7. The summed E-state index contributed by atoms with van der Waals surface area (Å²) in [6, 6.07) is 0. The van der Waals surface area contributed by atoms with Gasteiger partial charge >= 0.3 is 47.5 Å². The average Bonchev–Trinajstić information content (AvgIpc) is 2.49. The zero-order valence-corrected chi connectivity index (χ0v) is 18.9. The van der Waals surface area contributed by atoms with Gasteiger partial charge in [-0.3, -0.25) is 9.59 Å². The van der Waals surface area contributed by atoms with Crippen molar-refractivity contribution in [3.8, 4) is 0 Å². The molecule has 0 aromatic carbocycles. The Hall–Kier alpha value is -1.12. The first kappa shape index (κ1) is 25.9. The van der Waals surface area contributed by atoms with Gasteiger partial charge in [-0.05, 0) is 30.6 Å². The summed E-state index contributed by atoms with van der Waals surface area (Å²) in [5.74, 6) is -4.03. The van der Waals surface area contributed by atoms with Crippen molar-refractivity contribution in [3.05, 3.63) is 0 Å². The van der Waals surface area contributed by atoms with Gasteiger partial charge in [-0.25, -0.2) is 4.79 Å². The molecule has 0 aromatic rings. The molecule has 0 bridgehead atoms. The summed E-state index contributed by atoms with van der Waals surface area (Å²) < 4.78 is 14.9. The van der Waals surface area contributed by atoms with E-state index >= 15 is 0 Å². The van der Waals surface area contributed by atoms with Crippen LogP contribution in [0.25, 0.3) is 0 Å². The van der Waals surface area contributed by atoms with Gasteiger partial charge in [-0.1, -0.05) is 27.2 Å². The molecule has 0 N–H and O–H groups in total. The van der Waals surface area contributed by atoms with Gasteiger partial charge in [0.1, 0.15) is 6.10 Å². The van der Waals surface area contributed by atoms with Crippen LogP contribution in [0.5, 0.6) is 0 Å². The predicted molar refractivity (Wildman–Crippen MR) is 87.3 cm³/mol. The number of carboxylic acids is 1. The van der Waals surface area contributed by atoms with Crippen molar-refractivity contribution in [1.29, 1.82) is 0 Å². The zero-order valence-electron chi connectivity index (χ0n) is 16.9. The number of carbonyl (C=O) groups is 4. The molecule has 9 heteroatoms. The summed E-state index contributed by atoms with van der Waals surface area (Å²) in [4.78, 5) is 46.3. The van der Waals surface area contributed by atoms with E-state index in [1.54, 1.807) is 0 Å². The molecule has 148 valence electrons. The molecular weight excluding hydrogens is 367 g/mol. The van der Waals surface area contributed by atoms with E-state index in [0.717, 1.165) is 26.7 Å². The largest absolute Gasteiger partial charge is 1.00 e. The molecule has 0 heterocycles. The van der Waals surface area contributed by atoms with Gasteiger partial charge in [0.25, 0.3) is 0 Å². The Bertz CT molecular complexity index is 547. The molecule has 0 aromatic heterocycles. The Morgan fingerprint density at radius 2 is 1.48 bits per heavy atom. The van der Waals surface area contributed by atoms with Crippen molar-refractivity contribution in [1.82, 2.24) is 0 Å². The standard InChI is InChI=1S/C18H28O8.Na/c1-9(2)13-7-6-10(3)8-14(13)26-18(23)16(25-12(5)20)15(17(21)22)24-11(4)19;/h9-10,13-16H,6-8H2,1-5H3,(H,21,22);/q;+1/p-1/t10?,13?,14?,15-,16-;/m1./s1.